The minimum Gasteiger partial charge on any atom is -0.492 e. The summed E-state index contributed by atoms with van der Waals surface area (Å²) in [5, 5.41) is 32.9. The minimum absolute atomic E-state index is 0.0955. The van der Waals surface area contributed by atoms with Gasteiger partial charge in [0.25, 0.3) is 0 Å². The van der Waals surface area contributed by atoms with E-state index in [0.717, 1.165) is 16.2 Å². The van der Waals surface area contributed by atoms with Crippen LogP contribution in [-0.4, -0.2) is 26.1 Å². The number of hydrogen-bond acceptors (Lipinski definition) is 7. The van der Waals surface area contributed by atoms with E-state index in [4.69, 9.17) is 11.6 Å². The van der Waals surface area contributed by atoms with Crippen LogP contribution in [0.15, 0.2) is 17.3 Å². The van der Waals surface area contributed by atoms with Gasteiger partial charge in [-0.05, 0) is 26.0 Å². The van der Waals surface area contributed by atoms with Crippen molar-refractivity contribution >= 4 is 40.2 Å². The van der Waals surface area contributed by atoms with Crippen LogP contribution in [0.3, 0.4) is 0 Å². The molecule has 0 aromatic carbocycles. The molecule has 0 fully saturated rings. The molecule has 0 bridgehead atoms. The average Bonchev–Trinajstić information content (AvgIpc) is 3.17. The highest BCUT2D eigenvalue weighted by atomic mass is 35.5. The number of aryl methyl sites for hydroxylation is 2. The molecule has 0 unspecified atom stereocenters. The fraction of sp³-hybridized carbons (Fsp3) is 0.133. The number of halogens is 1. The predicted molar refractivity (Wildman–Crippen MR) is 96.2 cm³/mol. The van der Waals surface area contributed by atoms with Crippen LogP contribution >= 0.6 is 34.3 Å². The summed E-state index contributed by atoms with van der Waals surface area (Å²) >= 11 is 8.34. The van der Waals surface area contributed by atoms with Crippen molar-refractivity contribution in [1.82, 2.24) is 4.73 Å². The van der Waals surface area contributed by atoms with Gasteiger partial charge >= 0.3 is 5.91 Å². The fourth-order valence-corrected chi connectivity index (χ4v) is 4.72. The smallest absolute Gasteiger partial charge is 0.326 e. The van der Waals surface area contributed by atoms with Crippen LogP contribution in [0.4, 0.5) is 0 Å². The van der Waals surface area contributed by atoms with Crippen molar-refractivity contribution in [3.8, 4) is 34.0 Å². The summed E-state index contributed by atoms with van der Waals surface area (Å²) in [6.07, 6.45) is 0. The molecule has 1 amide bonds. The number of carbonyl (C=O) groups excluding carboxylic acids is 1. The lowest BCUT2D eigenvalue weighted by Gasteiger charge is -2.04. The Morgan fingerprint density at radius 1 is 1.08 bits per heavy atom. The molecule has 0 saturated heterocycles. The molecular weight excluding hydrogens is 388 g/mol. The third-order valence-electron chi connectivity index (χ3n) is 3.74. The van der Waals surface area contributed by atoms with Crippen LogP contribution in [0.5, 0.6) is 11.8 Å². The van der Waals surface area contributed by atoms with Gasteiger partial charge in [0.05, 0.1) is 20.3 Å². The first-order valence-electron chi connectivity index (χ1n) is 6.86. The van der Waals surface area contributed by atoms with Crippen molar-refractivity contribution in [3.05, 3.63) is 36.0 Å². The lowest BCUT2D eigenvalue weighted by molar-refractivity contribution is 0.100. The van der Waals surface area contributed by atoms with Crippen LogP contribution < -0.4 is 0 Å². The van der Waals surface area contributed by atoms with E-state index in [-0.39, 0.29) is 20.7 Å². The van der Waals surface area contributed by atoms with E-state index in [2.05, 4.69) is 5.18 Å². The van der Waals surface area contributed by atoms with Gasteiger partial charge in [-0.1, -0.05) is 11.6 Å². The van der Waals surface area contributed by atoms with Crippen molar-refractivity contribution in [2.75, 3.05) is 0 Å². The zero-order valence-electron chi connectivity index (χ0n) is 12.9. The Hall–Kier alpha value is -2.36. The fourth-order valence-electron chi connectivity index (χ4n) is 2.62. The number of nitroso groups, excluding NO2 is 1. The van der Waals surface area contributed by atoms with Crippen molar-refractivity contribution in [3.63, 3.8) is 0 Å². The highest BCUT2D eigenvalue weighted by molar-refractivity contribution is 7.16. The number of thiophene rings is 2. The molecule has 0 aliphatic heterocycles. The largest absolute Gasteiger partial charge is 0.492 e. The molecule has 10 heteroatoms. The number of carbonyl (C=O) groups is 1. The third kappa shape index (κ3) is 2.70. The maximum atomic E-state index is 11.5. The van der Waals surface area contributed by atoms with Gasteiger partial charge in [-0.3, -0.25) is 4.79 Å². The van der Waals surface area contributed by atoms with Gasteiger partial charge in [0.2, 0.25) is 11.8 Å². The Morgan fingerprint density at radius 2 is 1.60 bits per heavy atom. The van der Waals surface area contributed by atoms with E-state index in [0.29, 0.717) is 20.3 Å². The molecule has 0 aliphatic rings. The Morgan fingerprint density at radius 3 is 2.08 bits per heavy atom. The van der Waals surface area contributed by atoms with E-state index in [1.54, 1.807) is 19.9 Å². The Kier molecular flexibility index (Phi) is 4.31. The second-order valence-electron chi connectivity index (χ2n) is 5.21. The molecule has 0 radical (unpaired) electrons. The molecule has 0 atom stereocenters. The van der Waals surface area contributed by atoms with Crippen LogP contribution in [-0.2, 0) is 0 Å². The summed E-state index contributed by atoms with van der Waals surface area (Å²) in [5.41, 5.74) is 1.25. The zero-order chi connectivity index (χ0) is 18.5. The van der Waals surface area contributed by atoms with Gasteiger partial charge in [-0.15, -0.1) is 32.3 Å². The topological polar surface area (TPSA) is 112 Å². The summed E-state index contributed by atoms with van der Waals surface area (Å²) in [6.45, 7) is 3.47. The molecule has 3 heterocycles. The average molecular weight is 399 g/mol. The highest BCUT2D eigenvalue weighted by Crippen LogP contribution is 2.51. The maximum Gasteiger partial charge on any atom is 0.326 e. The van der Waals surface area contributed by atoms with Gasteiger partial charge in [-0.25, -0.2) is 0 Å². The number of amides is 1. The van der Waals surface area contributed by atoms with Crippen LogP contribution in [0.25, 0.3) is 22.3 Å². The number of nitrogens with zero attached hydrogens (tertiary/aromatic N) is 2. The molecule has 3 rings (SSSR count). The Bertz CT molecular complexity index is 1020. The first-order chi connectivity index (χ1) is 11.8. The molecular formula is C15H11ClN2O5S2. The minimum atomic E-state index is -0.928. The van der Waals surface area contributed by atoms with Crippen molar-refractivity contribution < 1.29 is 20.2 Å². The molecule has 0 spiro atoms. The molecule has 3 aromatic rings. The predicted octanol–water partition coefficient (Wildman–Crippen LogP) is 4.77. The third-order valence-corrected chi connectivity index (χ3v) is 5.95. The number of hydrogen-bond donors (Lipinski definition) is 3. The van der Waals surface area contributed by atoms with Gasteiger partial charge in [0, 0.05) is 26.1 Å². The normalized spacial score (nSPS) is 11.0. The van der Waals surface area contributed by atoms with E-state index < -0.39 is 17.7 Å². The molecule has 130 valence electrons. The molecule has 0 aliphatic carbocycles. The first kappa shape index (κ1) is 17.5. The van der Waals surface area contributed by atoms with Crippen LogP contribution in [0, 0.1) is 18.8 Å². The summed E-state index contributed by atoms with van der Waals surface area (Å²) in [4.78, 5) is 23.5. The zero-order valence-corrected chi connectivity index (χ0v) is 15.3. The van der Waals surface area contributed by atoms with Crippen molar-refractivity contribution in [1.29, 1.82) is 0 Å². The summed E-state index contributed by atoms with van der Waals surface area (Å²) in [6, 6.07) is 3.01. The summed E-state index contributed by atoms with van der Waals surface area (Å²) in [5.74, 6) is -2.08. The van der Waals surface area contributed by atoms with Crippen molar-refractivity contribution in [2.24, 2.45) is 5.18 Å². The van der Waals surface area contributed by atoms with Gasteiger partial charge in [-0.2, -0.15) is 0 Å². The van der Waals surface area contributed by atoms with Crippen LogP contribution in [0.1, 0.15) is 19.4 Å². The molecule has 3 N–H and O–H groups in total. The van der Waals surface area contributed by atoms with Crippen LogP contribution in [0.2, 0.25) is 4.34 Å². The molecule has 7 nitrogen and oxygen atoms in total. The monoisotopic (exact) mass is 398 g/mol. The molecule has 0 saturated carbocycles. The molecule has 25 heavy (non-hydrogen) atoms. The van der Waals surface area contributed by atoms with E-state index >= 15 is 0 Å². The lowest BCUT2D eigenvalue weighted by atomic mass is 9.99. The van der Waals surface area contributed by atoms with Gasteiger partial charge in [0.1, 0.15) is 0 Å². The van der Waals surface area contributed by atoms with E-state index in [9.17, 15) is 25.1 Å². The van der Waals surface area contributed by atoms with Crippen molar-refractivity contribution in [2.45, 2.75) is 13.8 Å². The van der Waals surface area contributed by atoms with Gasteiger partial charge in [0.15, 0.2) is 0 Å². The molecule has 3 aromatic heterocycles. The summed E-state index contributed by atoms with van der Waals surface area (Å²) < 4.78 is 0.734. The standard InChI is InChI=1S/C15H11ClN2O5S2/c1-5-7(3-9(24-5)13(19)17-22)11-12(15(21)18(23)14(11)20)8-4-10(16)25-6(8)2/h3-4,20-21,23H,1-2H3. The number of aromatic nitrogens is 1. The SMILES string of the molecule is Cc1sc(Cl)cc1-c1c(-c2cc(C(=O)N=O)sc2C)c(O)n(O)c1O. The second kappa shape index (κ2) is 6.17. The second-order valence-corrected chi connectivity index (χ2v) is 8.35. The Balaban J connectivity index is 2.33. The van der Waals surface area contributed by atoms with Gasteiger partial charge < -0.3 is 15.4 Å². The maximum absolute atomic E-state index is 11.5. The van der Waals surface area contributed by atoms with E-state index in [1.165, 1.54) is 17.4 Å². The summed E-state index contributed by atoms with van der Waals surface area (Å²) in [7, 11) is 0. The number of aromatic hydroxyl groups is 2. The first-order valence-corrected chi connectivity index (χ1v) is 8.88. The highest BCUT2D eigenvalue weighted by Gasteiger charge is 2.29. The van der Waals surface area contributed by atoms with E-state index in [1.807, 2.05) is 0 Å². The number of rotatable bonds is 3. The lowest BCUT2D eigenvalue weighted by Crippen LogP contribution is -1.87. The Labute approximate surface area is 154 Å². The quantitative estimate of drug-likeness (QED) is 0.434.